The molecule has 2 aromatic rings. The van der Waals surface area contributed by atoms with Crippen LogP contribution in [-0.2, 0) is 13.1 Å². The molecule has 0 bridgehead atoms. The molecule has 2 aromatic carbocycles. The van der Waals surface area contributed by atoms with Crippen LogP contribution < -0.4 is 11.3 Å². The molecule has 0 aromatic heterocycles. The number of rotatable bonds is 2. The SMILES string of the molecule is NNc1c(F)cc(C(=O)N2Cc3ccccc3C2)cc1F. The minimum Gasteiger partial charge on any atom is -0.330 e. The number of benzene rings is 2. The second-order valence-corrected chi connectivity index (χ2v) is 4.89. The average molecular weight is 289 g/mol. The molecule has 3 N–H and O–H groups in total. The van der Waals surface area contributed by atoms with Gasteiger partial charge in [-0.25, -0.2) is 8.78 Å². The summed E-state index contributed by atoms with van der Waals surface area (Å²) in [6, 6.07) is 9.64. The molecule has 0 saturated carbocycles. The van der Waals surface area contributed by atoms with Gasteiger partial charge in [-0.1, -0.05) is 24.3 Å². The Labute approximate surface area is 120 Å². The van der Waals surface area contributed by atoms with Crippen LogP contribution in [0.25, 0.3) is 0 Å². The van der Waals surface area contributed by atoms with E-state index in [2.05, 4.69) is 0 Å². The Kier molecular flexibility index (Phi) is 3.31. The fourth-order valence-corrected chi connectivity index (χ4v) is 2.49. The van der Waals surface area contributed by atoms with Gasteiger partial charge in [0.2, 0.25) is 0 Å². The Balaban J connectivity index is 1.88. The number of hydrazine groups is 1. The number of hydrogen-bond donors (Lipinski definition) is 2. The van der Waals surface area contributed by atoms with Gasteiger partial charge in [-0.2, -0.15) is 0 Å². The second kappa shape index (κ2) is 5.14. The number of hydrogen-bond acceptors (Lipinski definition) is 3. The highest BCUT2D eigenvalue weighted by Crippen LogP contribution is 2.26. The minimum atomic E-state index is -0.891. The maximum atomic E-state index is 13.7. The van der Waals surface area contributed by atoms with E-state index in [9.17, 15) is 13.6 Å². The van der Waals surface area contributed by atoms with Crippen molar-refractivity contribution in [1.29, 1.82) is 0 Å². The van der Waals surface area contributed by atoms with Gasteiger partial charge in [0, 0.05) is 18.7 Å². The highest BCUT2D eigenvalue weighted by Gasteiger charge is 2.25. The third kappa shape index (κ3) is 2.34. The van der Waals surface area contributed by atoms with Gasteiger partial charge in [0.25, 0.3) is 5.91 Å². The number of nitrogens with zero attached hydrogens (tertiary/aromatic N) is 1. The lowest BCUT2D eigenvalue weighted by Gasteiger charge is -2.16. The number of carbonyl (C=O) groups is 1. The fourth-order valence-electron chi connectivity index (χ4n) is 2.49. The fraction of sp³-hybridized carbons (Fsp3) is 0.133. The summed E-state index contributed by atoms with van der Waals surface area (Å²) in [7, 11) is 0. The highest BCUT2D eigenvalue weighted by atomic mass is 19.1. The number of anilines is 1. The summed E-state index contributed by atoms with van der Waals surface area (Å²) in [4.78, 5) is 13.9. The van der Waals surface area contributed by atoms with E-state index in [1.165, 1.54) is 0 Å². The molecule has 1 aliphatic heterocycles. The Morgan fingerprint density at radius 3 is 2.10 bits per heavy atom. The number of halogens is 2. The van der Waals surface area contributed by atoms with E-state index in [1.807, 2.05) is 29.7 Å². The van der Waals surface area contributed by atoms with Crippen molar-refractivity contribution in [1.82, 2.24) is 4.90 Å². The Morgan fingerprint density at radius 2 is 1.62 bits per heavy atom. The molecule has 4 nitrogen and oxygen atoms in total. The van der Waals surface area contributed by atoms with Crippen LogP contribution in [0.4, 0.5) is 14.5 Å². The molecule has 0 atom stereocenters. The van der Waals surface area contributed by atoms with Gasteiger partial charge >= 0.3 is 0 Å². The van der Waals surface area contributed by atoms with Crippen molar-refractivity contribution < 1.29 is 13.6 Å². The second-order valence-electron chi connectivity index (χ2n) is 4.89. The predicted octanol–water partition coefficient (Wildman–Crippen LogP) is 2.41. The molecule has 1 heterocycles. The van der Waals surface area contributed by atoms with Gasteiger partial charge in [0.15, 0.2) is 11.6 Å². The summed E-state index contributed by atoms with van der Waals surface area (Å²) >= 11 is 0. The Bertz CT molecular complexity index is 670. The molecule has 0 spiro atoms. The summed E-state index contributed by atoms with van der Waals surface area (Å²) in [5, 5.41) is 0. The molecule has 3 rings (SSSR count). The van der Waals surface area contributed by atoms with Gasteiger partial charge < -0.3 is 10.3 Å². The molecule has 0 saturated heterocycles. The summed E-state index contributed by atoms with van der Waals surface area (Å²) in [6.07, 6.45) is 0. The number of nitrogen functional groups attached to an aromatic ring is 1. The van der Waals surface area contributed by atoms with Crippen molar-refractivity contribution in [3.8, 4) is 0 Å². The number of carbonyl (C=O) groups excluding carboxylic acids is 1. The van der Waals surface area contributed by atoms with Crippen LogP contribution in [-0.4, -0.2) is 10.8 Å². The van der Waals surface area contributed by atoms with Crippen molar-refractivity contribution in [2.45, 2.75) is 13.1 Å². The van der Waals surface area contributed by atoms with E-state index >= 15 is 0 Å². The maximum Gasteiger partial charge on any atom is 0.254 e. The van der Waals surface area contributed by atoms with Crippen molar-refractivity contribution in [2.24, 2.45) is 5.84 Å². The zero-order chi connectivity index (χ0) is 15.0. The van der Waals surface area contributed by atoms with Crippen molar-refractivity contribution in [2.75, 3.05) is 5.43 Å². The van der Waals surface area contributed by atoms with Crippen LogP contribution in [0.1, 0.15) is 21.5 Å². The molecular weight excluding hydrogens is 276 g/mol. The molecular formula is C15H13F2N3O. The van der Waals surface area contributed by atoms with Gasteiger partial charge in [-0.15, -0.1) is 0 Å². The van der Waals surface area contributed by atoms with Gasteiger partial charge in [-0.3, -0.25) is 10.6 Å². The molecule has 0 aliphatic carbocycles. The molecule has 1 amide bonds. The summed E-state index contributed by atoms with van der Waals surface area (Å²) in [5.74, 6) is 2.84. The van der Waals surface area contributed by atoms with Crippen LogP contribution >= 0.6 is 0 Å². The lowest BCUT2D eigenvalue weighted by molar-refractivity contribution is 0.0750. The average Bonchev–Trinajstić information content (AvgIpc) is 2.90. The third-order valence-corrected chi connectivity index (χ3v) is 3.56. The lowest BCUT2D eigenvalue weighted by atomic mass is 10.1. The summed E-state index contributed by atoms with van der Waals surface area (Å²) in [5.41, 5.74) is 3.56. The molecule has 0 unspecified atom stereocenters. The first kappa shape index (κ1) is 13.5. The molecule has 21 heavy (non-hydrogen) atoms. The van der Waals surface area contributed by atoms with Crippen LogP contribution in [0.5, 0.6) is 0 Å². The minimum absolute atomic E-state index is 0.0307. The number of nitrogens with two attached hydrogens (primary N) is 1. The van der Waals surface area contributed by atoms with Crippen LogP contribution in [0, 0.1) is 11.6 Å². The highest BCUT2D eigenvalue weighted by molar-refractivity contribution is 5.95. The first-order chi connectivity index (χ1) is 10.1. The molecule has 0 radical (unpaired) electrons. The molecule has 6 heteroatoms. The van der Waals surface area contributed by atoms with Crippen LogP contribution in [0.3, 0.4) is 0 Å². The monoisotopic (exact) mass is 289 g/mol. The first-order valence-corrected chi connectivity index (χ1v) is 6.42. The van der Waals surface area contributed by atoms with Crippen molar-refractivity contribution in [3.63, 3.8) is 0 Å². The largest absolute Gasteiger partial charge is 0.330 e. The zero-order valence-electron chi connectivity index (χ0n) is 11.1. The maximum absolute atomic E-state index is 13.7. The Morgan fingerprint density at radius 1 is 1.10 bits per heavy atom. The number of nitrogens with one attached hydrogen (secondary N) is 1. The van der Waals surface area contributed by atoms with E-state index in [0.29, 0.717) is 13.1 Å². The van der Waals surface area contributed by atoms with E-state index < -0.39 is 23.2 Å². The normalized spacial score (nSPS) is 13.2. The predicted molar refractivity (Wildman–Crippen MR) is 74.2 cm³/mol. The third-order valence-electron chi connectivity index (χ3n) is 3.56. The van der Waals surface area contributed by atoms with Crippen molar-refractivity contribution >= 4 is 11.6 Å². The van der Waals surface area contributed by atoms with E-state index in [1.54, 1.807) is 4.90 Å². The van der Waals surface area contributed by atoms with Crippen LogP contribution in [0.15, 0.2) is 36.4 Å². The number of amides is 1. The van der Waals surface area contributed by atoms with Crippen molar-refractivity contribution in [3.05, 3.63) is 64.7 Å². The van der Waals surface area contributed by atoms with E-state index in [0.717, 1.165) is 23.3 Å². The quantitative estimate of drug-likeness (QED) is 0.659. The first-order valence-electron chi connectivity index (χ1n) is 6.42. The van der Waals surface area contributed by atoms with Gasteiger partial charge in [0.1, 0.15) is 5.69 Å². The molecule has 0 fully saturated rings. The van der Waals surface area contributed by atoms with E-state index in [-0.39, 0.29) is 5.56 Å². The lowest BCUT2D eigenvalue weighted by Crippen LogP contribution is -2.25. The topological polar surface area (TPSA) is 58.4 Å². The molecule has 1 aliphatic rings. The zero-order valence-corrected chi connectivity index (χ0v) is 11.1. The van der Waals surface area contributed by atoms with E-state index in [4.69, 9.17) is 5.84 Å². The Hall–Kier alpha value is -2.47. The molecule has 108 valence electrons. The van der Waals surface area contributed by atoms with Crippen LogP contribution in [0.2, 0.25) is 0 Å². The van der Waals surface area contributed by atoms with Gasteiger partial charge in [0.05, 0.1) is 0 Å². The summed E-state index contributed by atoms with van der Waals surface area (Å²) in [6.45, 7) is 0.879. The number of fused-ring (bicyclic) bond motifs is 1. The van der Waals surface area contributed by atoms with Gasteiger partial charge in [-0.05, 0) is 23.3 Å². The standard InChI is InChI=1S/C15H13F2N3O/c16-12-5-11(6-13(17)14(12)19-18)15(21)20-7-9-3-1-2-4-10(9)8-20/h1-6,19H,7-8,18H2. The smallest absolute Gasteiger partial charge is 0.254 e. The summed E-state index contributed by atoms with van der Waals surface area (Å²) < 4.78 is 27.3.